The number of halogens is 2. The molecule has 110 valence electrons. The average molecular weight is 307 g/mol. The Balaban J connectivity index is 2.24. The van der Waals surface area contributed by atoms with E-state index in [4.69, 9.17) is 0 Å². The van der Waals surface area contributed by atoms with Gasteiger partial charge in [0.25, 0.3) is 5.91 Å². The van der Waals surface area contributed by atoms with E-state index < -0.39 is 11.6 Å². The highest BCUT2D eigenvalue weighted by atomic mass is 32.2. The van der Waals surface area contributed by atoms with Crippen LogP contribution in [0.25, 0.3) is 0 Å². The van der Waals surface area contributed by atoms with Gasteiger partial charge < -0.3 is 5.32 Å². The second kappa shape index (κ2) is 6.72. The van der Waals surface area contributed by atoms with Gasteiger partial charge in [0.1, 0.15) is 11.6 Å². The van der Waals surface area contributed by atoms with Gasteiger partial charge in [0.05, 0.1) is 5.56 Å². The van der Waals surface area contributed by atoms with Gasteiger partial charge in [-0.1, -0.05) is 26.0 Å². The molecular formula is C16H15F2NOS. The van der Waals surface area contributed by atoms with E-state index in [1.54, 1.807) is 23.9 Å². The van der Waals surface area contributed by atoms with Crippen molar-refractivity contribution < 1.29 is 13.6 Å². The Kier molecular flexibility index (Phi) is 4.96. The van der Waals surface area contributed by atoms with Crippen LogP contribution in [0.15, 0.2) is 47.4 Å². The van der Waals surface area contributed by atoms with Gasteiger partial charge >= 0.3 is 0 Å². The lowest BCUT2D eigenvalue weighted by Gasteiger charge is -2.11. The molecule has 1 amide bonds. The highest BCUT2D eigenvalue weighted by Crippen LogP contribution is 2.27. The van der Waals surface area contributed by atoms with E-state index >= 15 is 0 Å². The number of nitrogens with one attached hydrogen (secondary N) is 1. The maximum Gasteiger partial charge on any atom is 0.256 e. The summed E-state index contributed by atoms with van der Waals surface area (Å²) < 4.78 is 26.3. The molecule has 0 heterocycles. The number of hydrogen-bond acceptors (Lipinski definition) is 2. The van der Waals surface area contributed by atoms with Crippen molar-refractivity contribution in [3.63, 3.8) is 0 Å². The first-order chi connectivity index (χ1) is 9.95. The third-order valence-electron chi connectivity index (χ3n) is 2.61. The zero-order valence-corrected chi connectivity index (χ0v) is 12.5. The first-order valence-corrected chi connectivity index (χ1v) is 7.37. The van der Waals surface area contributed by atoms with Crippen molar-refractivity contribution in [2.75, 3.05) is 5.32 Å². The minimum atomic E-state index is -0.727. The van der Waals surface area contributed by atoms with Crippen molar-refractivity contribution in [1.29, 1.82) is 0 Å². The summed E-state index contributed by atoms with van der Waals surface area (Å²) in [5.41, 5.74) is 0.586. The van der Waals surface area contributed by atoms with Crippen LogP contribution in [0.5, 0.6) is 0 Å². The molecule has 0 aliphatic rings. The predicted octanol–water partition coefficient (Wildman–Crippen LogP) is 4.72. The third-order valence-corrected chi connectivity index (χ3v) is 3.70. The Hall–Kier alpha value is -1.88. The zero-order chi connectivity index (χ0) is 15.4. The second-order valence-electron chi connectivity index (χ2n) is 4.78. The normalized spacial score (nSPS) is 10.7. The Labute approximate surface area is 126 Å². The number of anilines is 1. The van der Waals surface area contributed by atoms with Gasteiger partial charge in [-0.25, -0.2) is 8.78 Å². The molecule has 1 N–H and O–H groups in total. The molecule has 0 saturated carbocycles. The van der Waals surface area contributed by atoms with Crippen molar-refractivity contribution in [1.82, 2.24) is 0 Å². The SMILES string of the molecule is CC(C)Sc1ccccc1C(=O)Nc1cc(F)cc(F)c1. The molecule has 21 heavy (non-hydrogen) atoms. The summed E-state index contributed by atoms with van der Waals surface area (Å²) in [7, 11) is 0. The van der Waals surface area contributed by atoms with E-state index in [2.05, 4.69) is 5.32 Å². The van der Waals surface area contributed by atoms with E-state index in [0.29, 0.717) is 10.8 Å². The Morgan fingerprint density at radius 3 is 2.33 bits per heavy atom. The van der Waals surface area contributed by atoms with Gasteiger partial charge in [-0.3, -0.25) is 4.79 Å². The summed E-state index contributed by atoms with van der Waals surface area (Å²) >= 11 is 1.56. The van der Waals surface area contributed by atoms with Crippen LogP contribution >= 0.6 is 11.8 Å². The average Bonchev–Trinajstić information content (AvgIpc) is 2.37. The highest BCUT2D eigenvalue weighted by Gasteiger charge is 2.13. The molecule has 0 atom stereocenters. The van der Waals surface area contributed by atoms with E-state index in [0.717, 1.165) is 23.1 Å². The monoisotopic (exact) mass is 307 g/mol. The summed E-state index contributed by atoms with van der Waals surface area (Å²) in [6.07, 6.45) is 0. The molecule has 2 aromatic carbocycles. The Bertz CT molecular complexity index is 638. The molecule has 0 saturated heterocycles. The minimum absolute atomic E-state index is 0.0989. The van der Waals surface area contributed by atoms with Crippen LogP contribution in [0.3, 0.4) is 0 Å². The number of thioether (sulfide) groups is 1. The first kappa shape index (κ1) is 15.5. The summed E-state index contributed by atoms with van der Waals surface area (Å²) in [6.45, 7) is 4.06. The van der Waals surface area contributed by atoms with Crippen LogP contribution in [0, 0.1) is 11.6 Å². The van der Waals surface area contributed by atoms with Gasteiger partial charge in [-0.05, 0) is 24.3 Å². The summed E-state index contributed by atoms with van der Waals surface area (Å²) in [5.74, 6) is -1.84. The molecule has 2 rings (SSSR count). The number of carbonyl (C=O) groups is 1. The van der Waals surface area contributed by atoms with Crippen molar-refractivity contribution in [2.45, 2.75) is 24.0 Å². The van der Waals surface area contributed by atoms with Crippen molar-refractivity contribution in [3.8, 4) is 0 Å². The topological polar surface area (TPSA) is 29.1 Å². The summed E-state index contributed by atoms with van der Waals surface area (Å²) in [5, 5.41) is 2.85. The van der Waals surface area contributed by atoms with E-state index in [1.165, 1.54) is 0 Å². The maximum atomic E-state index is 13.1. The molecular weight excluding hydrogens is 292 g/mol. The van der Waals surface area contributed by atoms with Gasteiger partial charge in [-0.2, -0.15) is 0 Å². The Morgan fingerprint density at radius 2 is 1.71 bits per heavy atom. The number of amides is 1. The first-order valence-electron chi connectivity index (χ1n) is 6.49. The van der Waals surface area contributed by atoms with Crippen molar-refractivity contribution in [3.05, 3.63) is 59.7 Å². The lowest BCUT2D eigenvalue weighted by Crippen LogP contribution is -2.13. The second-order valence-corrected chi connectivity index (χ2v) is 6.39. The molecule has 0 aliphatic heterocycles. The molecule has 0 aliphatic carbocycles. The van der Waals surface area contributed by atoms with Crippen LogP contribution in [0.1, 0.15) is 24.2 Å². The number of benzene rings is 2. The molecule has 0 fully saturated rings. The predicted molar refractivity (Wildman–Crippen MR) is 81.7 cm³/mol. The van der Waals surface area contributed by atoms with Gasteiger partial charge in [0.2, 0.25) is 0 Å². The summed E-state index contributed by atoms with van der Waals surface area (Å²) in [6, 6.07) is 10.1. The molecule has 2 nitrogen and oxygen atoms in total. The third kappa shape index (κ3) is 4.29. The highest BCUT2D eigenvalue weighted by molar-refractivity contribution is 8.00. The van der Waals surface area contributed by atoms with Crippen LogP contribution < -0.4 is 5.32 Å². The van der Waals surface area contributed by atoms with Crippen LogP contribution in [-0.2, 0) is 0 Å². The van der Waals surface area contributed by atoms with E-state index in [9.17, 15) is 13.6 Å². The van der Waals surface area contributed by atoms with Gasteiger partial charge in [0, 0.05) is 21.9 Å². The molecule has 2 aromatic rings. The molecule has 0 bridgehead atoms. The fraction of sp³-hybridized carbons (Fsp3) is 0.188. The van der Waals surface area contributed by atoms with Gasteiger partial charge in [-0.15, -0.1) is 11.8 Å². The number of hydrogen-bond donors (Lipinski definition) is 1. The molecule has 5 heteroatoms. The van der Waals surface area contributed by atoms with Crippen LogP contribution in [0.4, 0.5) is 14.5 Å². The molecule has 0 aromatic heterocycles. The van der Waals surface area contributed by atoms with Crippen molar-refractivity contribution in [2.24, 2.45) is 0 Å². The smallest absolute Gasteiger partial charge is 0.256 e. The fourth-order valence-corrected chi connectivity index (χ4v) is 2.79. The largest absolute Gasteiger partial charge is 0.322 e. The lowest BCUT2D eigenvalue weighted by atomic mass is 10.2. The minimum Gasteiger partial charge on any atom is -0.322 e. The van der Waals surface area contributed by atoms with Crippen LogP contribution in [0.2, 0.25) is 0 Å². The van der Waals surface area contributed by atoms with Gasteiger partial charge in [0.15, 0.2) is 0 Å². The molecule has 0 radical (unpaired) electrons. The number of rotatable bonds is 4. The summed E-state index contributed by atoms with van der Waals surface area (Å²) in [4.78, 5) is 13.1. The number of carbonyl (C=O) groups excluding carboxylic acids is 1. The quantitative estimate of drug-likeness (QED) is 0.828. The fourth-order valence-electron chi connectivity index (χ4n) is 1.84. The van der Waals surface area contributed by atoms with E-state index in [-0.39, 0.29) is 11.6 Å². The standard InChI is InChI=1S/C16H15F2NOS/c1-10(2)21-15-6-4-3-5-14(15)16(20)19-13-8-11(17)7-12(18)9-13/h3-10H,1-2H3,(H,19,20). The lowest BCUT2D eigenvalue weighted by molar-refractivity contribution is 0.102. The molecule has 0 spiro atoms. The van der Waals surface area contributed by atoms with Crippen molar-refractivity contribution >= 4 is 23.4 Å². The van der Waals surface area contributed by atoms with Crippen LogP contribution in [-0.4, -0.2) is 11.2 Å². The zero-order valence-electron chi connectivity index (χ0n) is 11.7. The van der Waals surface area contributed by atoms with E-state index in [1.807, 2.05) is 26.0 Å². The maximum absolute atomic E-state index is 13.1. The molecule has 0 unspecified atom stereocenters. The Morgan fingerprint density at radius 1 is 1.10 bits per heavy atom.